The van der Waals surface area contributed by atoms with Crippen molar-refractivity contribution in [2.75, 3.05) is 0 Å². The van der Waals surface area contributed by atoms with Gasteiger partial charge in [0.15, 0.2) is 0 Å². The maximum absolute atomic E-state index is 13.2. The highest BCUT2D eigenvalue weighted by Gasteiger charge is 2.24. The molecule has 18 heavy (non-hydrogen) atoms. The molecule has 3 heteroatoms. The van der Waals surface area contributed by atoms with Gasteiger partial charge in [0.2, 0.25) is 0 Å². The maximum atomic E-state index is 13.2. The Morgan fingerprint density at radius 3 is 2.22 bits per heavy atom. The third kappa shape index (κ3) is 3.31. The summed E-state index contributed by atoms with van der Waals surface area (Å²) in [7, 11) is 0. The number of rotatable bonds is 5. The Morgan fingerprint density at radius 2 is 1.78 bits per heavy atom. The summed E-state index contributed by atoms with van der Waals surface area (Å²) in [6.07, 6.45) is 1.79. The van der Waals surface area contributed by atoms with Gasteiger partial charge in [-0.15, -0.1) is 0 Å². The molecule has 1 aromatic rings. The lowest BCUT2D eigenvalue weighted by Gasteiger charge is -2.34. The second kappa shape index (κ2) is 6.53. The third-order valence-electron chi connectivity index (χ3n) is 3.44. The van der Waals surface area contributed by atoms with Crippen LogP contribution < -0.4 is 0 Å². The minimum Gasteiger partial charge on any atom is -0.333 e. The number of hydrogen-bond acceptors (Lipinski definition) is 1. The molecule has 0 heterocycles. The summed E-state index contributed by atoms with van der Waals surface area (Å²) in [5.41, 5.74) is 0.426. The number of carbonyl (C=O) groups is 1. The van der Waals surface area contributed by atoms with Crippen LogP contribution in [0.1, 0.15) is 50.9 Å². The fourth-order valence-corrected chi connectivity index (χ4v) is 2.00. The van der Waals surface area contributed by atoms with E-state index in [4.69, 9.17) is 0 Å². The summed E-state index contributed by atoms with van der Waals surface area (Å²) < 4.78 is 13.2. The lowest BCUT2D eigenvalue weighted by atomic mass is 10.1. The van der Waals surface area contributed by atoms with E-state index >= 15 is 0 Å². The van der Waals surface area contributed by atoms with E-state index in [1.54, 1.807) is 12.1 Å². The lowest BCUT2D eigenvalue weighted by Crippen LogP contribution is -2.44. The number of amides is 1. The van der Waals surface area contributed by atoms with E-state index in [1.807, 2.05) is 18.7 Å². The largest absolute Gasteiger partial charge is 0.333 e. The first kappa shape index (κ1) is 14.7. The Morgan fingerprint density at radius 1 is 1.22 bits per heavy atom. The highest BCUT2D eigenvalue weighted by Crippen LogP contribution is 2.17. The first-order valence-electron chi connectivity index (χ1n) is 6.59. The molecule has 2 unspecified atom stereocenters. The molecule has 0 saturated carbocycles. The monoisotopic (exact) mass is 251 g/mol. The van der Waals surface area contributed by atoms with Gasteiger partial charge in [-0.1, -0.05) is 19.9 Å². The predicted molar refractivity (Wildman–Crippen MR) is 72.1 cm³/mol. The third-order valence-corrected chi connectivity index (χ3v) is 3.44. The first-order chi connectivity index (χ1) is 8.51. The van der Waals surface area contributed by atoms with Crippen LogP contribution in [0.5, 0.6) is 0 Å². The second-order valence-electron chi connectivity index (χ2n) is 4.74. The summed E-state index contributed by atoms with van der Waals surface area (Å²) >= 11 is 0. The molecule has 100 valence electrons. The fraction of sp³-hybridized carbons (Fsp3) is 0.533. The molecule has 0 aromatic heterocycles. The highest BCUT2D eigenvalue weighted by atomic mass is 19.1. The SMILES string of the molecule is CCC(C)N(C(=O)c1cccc(F)c1)C(C)CC. The van der Waals surface area contributed by atoms with Crippen LogP contribution in [0.15, 0.2) is 24.3 Å². The molecule has 2 atom stereocenters. The molecule has 1 aromatic carbocycles. The van der Waals surface area contributed by atoms with E-state index in [0.29, 0.717) is 5.56 Å². The van der Waals surface area contributed by atoms with Crippen molar-refractivity contribution in [3.63, 3.8) is 0 Å². The number of hydrogen-bond donors (Lipinski definition) is 0. The molecule has 0 radical (unpaired) electrons. The molecule has 0 bridgehead atoms. The molecule has 0 aliphatic heterocycles. The quantitative estimate of drug-likeness (QED) is 0.778. The average Bonchev–Trinajstić information content (AvgIpc) is 2.38. The molecule has 0 aliphatic carbocycles. The van der Waals surface area contributed by atoms with Gasteiger partial charge >= 0.3 is 0 Å². The van der Waals surface area contributed by atoms with Gasteiger partial charge in [-0.3, -0.25) is 4.79 Å². The Bertz CT molecular complexity index is 395. The van der Waals surface area contributed by atoms with Crippen molar-refractivity contribution in [3.8, 4) is 0 Å². The van der Waals surface area contributed by atoms with Gasteiger partial charge in [0, 0.05) is 17.6 Å². The van der Waals surface area contributed by atoms with Gasteiger partial charge < -0.3 is 4.90 Å². The second-order valence-corrected chi connectivity index (χ2v) is 4.74. The summed E-state index contributed by atoms with van der Waals surface area (Å²) in [6.45, 7) is 8.17. The van der Waals surface area contributed by atoms with Crippen LogP contribution in [0.25, 0.3) is 0 Å². The number of halogens is 1. The van der Waals surface area contributed by atoms with Gasteiger partial charge in [0.1, 0.15) is 5.82 Å². The zero-order valence-corrected chi connectivity index (χ0v) is 11.6. The van der Waals surface area contributed by atoms with Crippen molar-refractivity contribution >= 4 is 5.91 Å². The van der Waals surface area contributed by atoms with E-state index in [-0.39, 0.29) is 23.8 Å². The van der Waals surface area contributed by atoms with Crippen LogP contribution in [0, 0.1) is 5.82 Å². The summed E-state index contributed by atoms with van der Waals surface area (Å²) in [6, 6.07) is 6.23. The molecule has 1 amide bonds. The molecule has 0 saturated heterocycles. The van der Waals surface area contributed by atoms with Gasteiger partial charge in [0.05, 0.1) is 0 Å². The molecular formula is C15H22FNO. The molecule has 1 rings (SSSR count). The minimum atomic E-state index is -0.367. The van der Waals surface area contributed by atoms with Gasteiger partial charge in [-0.05, 0) is 44.9 Å². The van der Waals surface area contributed by atoms with E-state index in [0.717, 1.165) is 12.8 Å². The van der Waals surface area contributed by atoms with Crippen molar-refractivity contribution in [1.82, 2.24) is 4.90 Å². The van der Waals surface area contributed by atoms with Crippen molar-refractivity contribution < 1.29 is 9.18 Å². The zero-order chi connectivity index (χ0) is 13.7. The Hall–Kier alpha value is -1.38. The average molecular weight is 251 g/mol. The first-order valence-corrected chi connectivity index (χ1v) is 6.59. The highest BCUT2D eigenvalue weighted by molar-refractivity contribution is 5.94. The van der Waals surface area contributed by atoms with Crippen molar-refractivity contribution in [2.45, 2.75) is 52.6 Å². The van der Waals surface area contributed by atoms with Gasteiger partial charge in [-0.2, -0.15) is 0 Å². The van der Waals surface area contributed by atoms with Crippen molar-refractivity contribution in [1.29, 1.82) is 0 Å². The van der Waals surface area contributed by atoms with Crippen molar-refractivity contribution in [2.24, 2.45) is 0 Å². The summed E-state index contributed by atoms with van der Waals surface area (Å²) in [5, 5.41) is 0. The zero-order valence-electron chi connectivity index (χ0n) is 11.6. The topological polar surface area (TPSA) is 20.3 Å². The van der Waals surface area contributed by atoms with Crippen molar-refractivity contribution in [3.05, 3.63) is 35.6 Å². The van der Waals surface area contributed by atoms with E-state index in [1.165, 1.54) is 12.1 Å². The Labute approximate surface area is 109 Å². The van der Waals surface area contributed by atoms with Crippen LogP contribution >= 0.6 is 0 Å². The lowest BCUT2D eigenvalue weighted by molar-refractivity contribution is 0.0598. The molecule has 0 fully saturated rings. The van der Waals surface area contributed by atoms with E-state index in [2.05, 4.69) is 13.8 Å². The molecular weight excluding hydrogens is 229 g/mol. The van der Waals surface area contributed by atoms with Crippen LogP contribution in [0.3, 0.4) is 0 Å². The normalized spacial score (nSPS) is 14.1. The van der Waals surface area contributed by atoms with Crippen LogP contribution in [0.2, 0.25) is 0 Å². The molecule has 0 N–H and O–H groups in total. The van der Waals surface area contributed by atoms with Crippen LogP contribution in [-0.2, 0) is 0 Å². The predicted octanol–water partition coefficient (Wildman–Crippen LogP) is 3.86. The summed E-state index contributed by atoms with van der Waals surface area (Å²) in [4.78, 5) is 14.3. The Balaban J connectivity index is 3.02. The van der Waals surface area contributed by atoms with E-state index in [9.17, 15) is 9.18 Å². The number of nitrogens with zero attached hydrogens (tertiary/aromatic N) is 1. The molecule has 0 aliphatic rings. The Kier molecular flexibility index (Phi) is 5.32. The maximum Gasteiger partial charge on any atom is 0.254 e. The standard InChI is InChI=1S/C15H22FNO/c1-5-11(3)17(12(4)6-2)15(18)13-8-7-9-14(16)10-13/h7-12H,5-6H2,1-4H3. The fourth-order valence-electron chi connectivity index (χ4n) is 2.00. The molecule has 2 nitrogen and oxygen atoms in total. The minimum absolute atomic E-state index is 0.0850. The van der Waals surface area contributed by atoms with E-state index < -0.39 is 0 Å². The number of benzene rings is 1. The molecule has 0 spiro atoms. The van der Waals surface area contributed by atoms with Gasteiger partial charge in [-0.25, -0.2) is 4.39 Å². The van der Waals surface area contributed by atoms with Crippen LogP contribution in [-0.4, -0.2) is 22.9 Å². The van der Waals surface area contributed by atoms with Gasteiger partial charge in [0.25, 0.3) is 5.91 Å². The smallest absolute Gasteiger partial charge is 0.254 e. The van der Waals surface area contributed by atoms with Crippen LogP contribution in [0.4, 0.5) is 4.39 Å². The number of carbonyl (C=O) groups excluding carboxylic acids is 1. The summed E-state index contributed by atoms with van der Waals surface area (Å²) in [5.74, 6) is -0.452.